The molecule has 0 saturated carbocycles. The number of likely N-dealkylation sites (tertiary alicyclic amines) is 1. The van der Waals surface area contributed by atoms with Gasteiger partial charge in [-0.05, 0) is 25.0 Å². The molecule has 0 aliphatic carbocycles. The van der Waals surface area contributed by atoms with Crippen LogP contribution < -0.4 is 11.1 Å². The summed E-state index contributed by atoms with van der Waals surface area (Å²) in [5.41, 5.74) is 7.02. The van der Waals surface area contributed by atoms with Crippen molar-refractivity contribution in [3.8, 4) is 0 Å². The van der Waals surface area contributed by atoms with Crippen molar-refractivity contribution in [1.82, 2.24) is 4.90 Å². The van der Waals surface area contributed by atoms with Crippen molar-refractivity contribution >= 4 is 28.8 Å². The molecular formula is C15H21N3O2S. The molecule has 21 heavy (non-hydrogen) atoms. The monoisotopic (exact) mass is 307 g/mol. The highest BCUT2D eigenvalue weighted by Gasteiger charge is 2.20. The van der Waals surface area contributed by atoms with Crippen LogP contribution >= 0.6 is 12.2 Å². The predicted octanol–water partition coefficient (Wildman–Crippen LogP) is 1.37. The topological polar surface area (TPSA) is 67.6 Å². The summed E-state index contributed by atoms with van der Waals surface area (Å²) in [4.78, 5) is 14.6. The van der Waals surface area contributed by atoms with Crippen LogP contribution in [-0.4, -0.2) is 48.6 Å². The molecule has 1 amide bonds. The molecule has 6 heteroatoms. The number of amides is 1. The number of carbonyl (C=O) groups is 1. The summed E-state index contributed by atoms with van der Waals surface area (Å²) in [5.74, 6) is -0.0467. The van der Waals surface area contributed by atoms with E-state index in [1.807, 2.05) is 24.3 Å². The molecule has 1 heterocycles. The number of hydrogen-bond acceptors (Lipinski definition) is 4. The number of nitrogens with one attached hydrogen (secondary N) is 1. The maximum absolute atomic E-state index is 12.1. The minimum Gasteiger partial charge on any atom is -0.389 e. The van der Waals surface area contributed by atoms with E-state index in [2.05, 4.69) is 10.2 Å². The number of methoxy groups -OCH3 is 1. The quantitative estimate of drug-likeness (QED) is 0.804. The molecule has 1 aromatic rings. The highest BCUT2D eigenvalue weighted by Crippen LogP contribution is 2.16. The normalized spacial score (nSPS) is 16.6. The largest absolute Gasteiger partial charge is 0.389 e. The molecule has 0 spiro atoms. The van der Waals surface area contributed by atoms with Gasteiger partial charge in [0.2, 0.25) is 5.91 Å². The SMILES string of the molecule is COC1CCN(CC(=O)Nc2ccccc2C(N)=S)CC1. The van der Waals surface area contributed by atoms with E-state index < -0.39 is 0 Å². The van der Waals surface area contributed by atoms with Crippen LogP contribution in [0.1, 0.15) is 18.4 Å². The number of ether oxygens (including phenoxy) is 1. The van der Waals surface area contributed by atoms with Crippen molar-refractivity contribution < 1.29 is 9.53 Å². The number of hydrogen-bond donors (Lipinski definition) is 2. The average Bonchev–Trinajstić information content (AvgIpc) is 2.48. The fourth-order valence-corrected chi connectivity index (χ4v) is 2.68. The van der Waals surface area contributed by atoms with Crippen molar-refractivity contribution in [2.45, 2.75) is 18.9 Å². The summed E-state index contributed by atoms with van der Waals surface area (Å²) in [6, 6.07) is 7.31. The van der Waals surface area contributed by atoms with E-state index >= 15 is 0 Å². The molecule has 0 aromatic heterocycles. The Kier molecular flexibility index (Phi) is 5.67. The number of thiocarbonyl (C=S) groups is 1. The van der Waals surface area contributed by atoms with Gasteiger partial charge in [0.25, 0.3) is 0 Å². The fraction of sp³-hybridized carbons (Fsp3) is 0.467. The number of benzene rings is 1. The number of para-hydroxylation sites is 1. The Labute approximate surface area is 130 Å². The Morgan fingerprint density at radius 1 is 1.43 bits per heavy atom. The summed E-state index contributed by atoms with van der Waals surface area (Å²) >= 11 is 4.99. The van der Waals surface area contributed by atoms with Crippen LogP contribution in [0.25, 0.3) is 0 Å². The third-order valence-corrected chi connectivity index (χ3v) is 3.92. The standard InChI is InChI=1S/C15H21N3O2S/c1-20-11-6-8-18(9-7-11)10-14(19)17-13-5-3-2-4-12(13)15(16)21/h2-5,11H,6-10H2,1H3,(H2,16,21)(H,17,19). The highest BCUT2D eigenvalue weighted by atomic mass is 32.1. The summed E-state index contributed by atoms with van der Waals surface area (Å²) in [6.45, 7) is 2.13. The van der Waals surface area contributed by atoms with Crippen LogP contribution in [0.15, 0.2) is 24.3 Å². The Bertz CT molecular complexity index is 513. The van der Waals surface area contributed by atoms with E-state index in [1.165, 1.54) is 0 Å². The first-order valence-corrected chi connectivity index (χ1v) is 7.45. The average molecular weight is 307 g/mol. The van der Waals surface area contributed by atoms with Gasteiger partial charge in [0.1, 0.15) is 4.99 Å². The van der Waals surface area contributed by atoms with Crippen LogP contribution in [0.4, 0.5) is 5.69 Å². The molecule has 1 fully saturated rings. The maximum atomic E-state index is 12.1. The first kappa shape index (κ1) is 15.9. The van der Waals surface area contributed by atoms with Crippen molar-refractivity contribution in [1.29, 1.82) is 0 Å². The minimum absolute atomic E-state index is 0.0467. The molecule has 0 atom stereocenters. The molecule has 5 nitrogen and oxygen atoms in total. The van der Waals surface area contributed by atoms with Crippen LogP contribution in [0.3, 0.4) is 0 Å². The number of piperidine rings is 1. The molecule has 3 N–H and O–H groups in total. The Morgan fingerprint density at radius 3 is 2.71 bits per heavy atom. The second-order valence-electron chi connectivity index (χ2n) is 5.17. The van der Waals surface area contributed by atoms with Gasteiger partial charge in [0, 0.05) is 25.8 Å². The van der Waals surface area contributed by atoms with Crippen molar-refractivity contribution in [2.75, 3.05) is 32.1 Å². The van der Waals surface area contributed by atoms with E-state index in [4.69, 9.17) is 22.7 Å². The van der Waals surface area contributed by atoms with Gasteiger partial charge in [0.15, 0.2) is 0 Å². The van der Waals surface area contributed by atoms with Crippen LogP contribution in [0.2, 0.25) is 0 Å². The van der Waals surface area contributed by atoms with E-state index in [-0.39, 0.29) is 10.9 Å². The molecule has 1 aromatic carbocycles. The van der Waals surface area contributed by atoms with Gasteiger partial charge < -0.3 is 15.8 Å². The smallest absolute Gasteiger partial charge is 0.238 e. The van der Waals surface area contributed by atoms with Gasteiger partial charge in [-0.3, -0.25) is 9.69 Å². The van der Waals surface area contributed by atoms with Crippen LogP contribution in [0, 0.1) is 0 Å². The summed E-state index contributed by atoms with van der Waals surface area (Å²) in [7, 11) is 1.74. The zero-order valence-electron chi connectivity index (χ0n) is 12.2. The molecule has 1 aliphatic rings. The van der Waals surface area contributed by atoms with E-state index in [1.54, 1.807) is 7.11 Å². The summed E-state index contributed by atoms with van der Waals surface area (Å²) in [5, 5.41) is 2.89. The lowest BCUT2D eigenvalue weighted by Gasteiger charge is -2.30. The Morgan fingerprint density at radius 2 is 2.10 bits per heavy atom. The molecule has 2 rings (SSSR count). The van der Waals surface area contributed by atoms with E-state index in [9.17, 15) is 4.79 Å². The predicted molar refractivity (Wildman–Crippen MR) is 87.4 cm³/mol. The number of nitrogens with zero attached hydrogens (tertiary/aromatic N) is 1. The van der Waals surface area contributed by atoms with Crippen molar-refractivity contribution in [3.63, 3.8) is 0 Å². The lowest BCUT2D eigenvalue weighted by atomic mass is 10.1. The van der Waals surface area contributed by atoms with Gasteiger partial charge >= 0.3 is 0 Å². The summed E-state index contributed by atoms with van der Waals surface area (Å²) < 4.78 is 5.33. The van der Waals surface area contributed by atoms with Crippen molar-refractivity contribution in [3.05, 3.63) is 29.8 Å². The van der Waals surface area contributed by atoms with E-state index in [0.29, 0.717) is 23.9 Å². The number of nitrogens with two attached hydrogens (primary N) is 1. The fourth-order valence-electron chi connectivity index (χ4n) is 2.50. The van der Waals surface area contributed by atoms with Gasteiger partial charge in [0.05, 0.1) is 18.3 Å². The molecule has 0 radical (unpaired) electrons. The maximum Gasteiger partial charge on any atom is 0.238 e. The molecule has 114 valence electrons. The second kappa shape index (κ2) is 7.49. The third-order valence-electron chi connectivity index (χ3n) is 3.70. The van der Waals surface area contributed by atoms with E-state index in [0.717, 1.165) is 25.9 Å². The summed E-state index contributed by atoms with van der Waals surface area (Å²) in [6.07, 6.45) is 2.25. The Hall–Kier alpha value is -1.50. The minimum atomic E-state index is -0.0467. The molecule has 0 unspecified atom stereocenters. The lowest BCUT2D eigenvalue weighted by Crippen LogP contribution is -2.41. The van der Waals surface area contributed by atoms with Crippen molar-refractivity contribution in [2.24, 2.45) is 5.73 Å². The Balaban J connectivity index is 1.89. The van der Waals surface area contributed by atoms with Gasteiger partial charge in [-0.1, -0.05) is 24.4 Å². The molecule has 0 bridgehead atoms. The lowest BCUT2D eigenvalue weighted by molar-refractivity contribution is -0.117. The number of carbonyl (C=O) groups excluding carboxylic acids is 1. The van der Waals surface area contributed by atoms with Gasteiger partial charge in [-0.25, -0.2) is 0 Å². The number of anilines is 1. The zero-order chi connectivity index (χ0) is 15.2. The number of rotatable bonds is 5. The first-order valence-electron chi connectivity index (χ1n) is 7.04. The molecule has 1 saturated heterocycles. The van der Waals surface area contributed by atoms with Gasteiger partial charge in [-0.15, -0.1) is 0 Å². The first-order chi connectivity index (χ1) is 10.1. The molecule has 1 aliphatic heterocycles. The second-order valence-corrected chi connectivity index (χ2v) is 5.61. The highest BCUT2D eigenvalue weighted by molar-refractivity contribution is 7.80. The van der Waals surface area contributed by atoms with Crippen LogP contribution in [-0.2, 0) is 9.53 Å². The zero-order valence-corrected chi connectivity index (χ0v) is 13.0. The van der Waals surface area contributed by atoms with Crippen LogP contribution in [0.5, 0.6) is 0 Å². The molecular weight excluding hydrogens is 286 g/mol. The van der Waals surface area contributed by atoms with Gasteiger partial charge in [-0.2, -0.15) is 0 Å². The third kappa shape index (κ3) is 4.49.